The number of aromatic carboxylic acids is 1. The number of ether oxygens (including phenoxy) is 1. The van der Waals surface area contributed by atoms with E-state index in [0.29, 0.717) is 11.4 Å². The van der Waals surface area contributed by atoms with Gasteiger partial charge in [-0.2, -0.15) is 4.68 Å². The smallest absolute Gasteiger partial charge is 0.360 e. The summed E-state index contributed by atoms with van der Waals surface area (Å²) in [6.07, 6.45) is 0. The summed E-state index contributed by atoms with van der Waals surface area (Å²) in [5, 5.41) is 18.8. The van der Waals surface area contributed by atoms with Crippen molar-refractivity contribution in [3.8, 4) is 11.4 Å². The minimum absolute atomic E-state index is 0.00941. The summed E-state index contributed by atoms with van der Waals surface area (Å²) in [6.45, 7) is 1.27. The van der Waals surface area contributed by atoms with Crippen molar-refractivity contribution in [2.45, 2.75) is 6.92 Å². The Morgan fingerprint density at radius 1 is 1.30 bits per heavy atom. The number of anilines is 1. The van der Waals surface area contributed by atoms with Crippen LogP contribution in [0.2, 0.25) is 0 Å². The molecule has 0 unspecified atom stereocenters. The number of rotatable bonds is 4. The normalized spacial score (nSPS) is 10.1. The second kappa shape index (κ2) is 5.39. The maximum absolute atomic E-state index is 11.2. The van der Waals surface area contributed by atoms with Gasteiger partial charge in [0.15, 0.2) is 5.82 Å². The Balaban J connectivity index is 2.49. The van der Waals surface area contributed by atoms with Crippen LogP contribution < -0.4 is 10.1 Å². The summed E-state index contributed by atoms with van der Waals surface area (Å²) in [7, 11) is 1.54. The molecule has 1 aromatic carbocycles. The number of nitrogens with zero attached hydrogens (tertiary/aromatic N) is 3. The first-order valence-electron chi connectivity index (χ1n) is 5.64. The van der Waals surface area contributed by atoms with Crippen LogP contribution in [-0.2, 0) is 4.79 Å². The van der Waals surface area contributed by atoms with Crippen molar-refractivity contribution in [3.05, 3.63) is 30.0 Å². The van der Waals surface area contributed by atoms with Crippen molar-refractivity contribution < 1.29 is 19.4 Å². The number of nitrogens with one attached hydrogen (secondary N) is 1. The summed E-state index contributed by atoms with van der Waals surface area (Å²) in [5.41, 5.74) is 0.227. The zero-order chi connectivity index (χ0) is 14.7. The number of carbonyl (C=O) groups excluding carboxylic acids is 1. The van der Waals surface area contributed by atoms with Crippen molar-refractivity contribution >= 4 is 17.7 Å². The van der Waals surface area contributed by atoms with Crippen LogP contribution in [0.1, 0.15) is 17.4 Å². The molecular weight excluding hydrogens is 264 g/mol. The van der Waals surface area contributed by atoms with E-state index in [1.807, 2.05) is 0 Å². The Kier molecular flexibility index (Phi) is 3.65. The third kappa shape index (κ3) is 2.58. The molecule has 0 aliphatic heterocycles. The van der Waals surface area contributed by atoms with Gasteiger partial charge < -0.3 is 15.2 Å². The van der Waals surface area contributed by atoms with Gasteiger partial charge in [-0.15, -0.1) is 5.10 Å². The standard InChI is InChI=1S/C12H12N4O4/c1-7(17)13-11-10(12(18)19)14-15-16(11)8-3-5-9(20-2)6-4-8/h3-6H,1-2H3,(H,13,17)(H,18,19). The molecule has 0 aliphatic carbocycles. The van der Waals surface area contributed by atoms with Gasteiger partial charge in [-0.05, 0) is 24.3 Å². The number of amides is 1. The average Bonchev–Trinajstić information content (AvgIpc) is 2.82. The molecule has 20 heavy (non-hydrogen) atoms. The first-order chi connectivity index (χ1) is 9.52. The van der Waals surface area contributed by atoms with Gasteiger partial charge >= 0.3 is 5.97 Å². The second-order valence-corrected chi connectivity index (χ2v) is 3.88. The predicted molar refractivity (Wildman–Crippen MR) is 69.2 cm³/mol. The second-order valence-electron chi connectivity index (χ2n) is 3.88. The Morgan fingerprint density at radius 3 is 2.45 bits per heavy atom. The van der Waals surface area contributed by atoms with Gasteiger partial charge in [-0.3, -0.25) is 4.79 Å². The molecule has 1 heterocycles. The van der Waals surface area contributed by atoms with Crippen LogP contribution in [0, 0.1) is 0 Å². The van der Waals surface area contributed by atoms with E-state index in [0.717, 1.165) is 0 Å². The van der Waals surface area contributed by atoms with E-state index in [1.165, 1.54) is 18.7 Å². The van der Waals surface area contributed by atoms with Gasteiger partial charge in [0.05, 0.1) is 12.8 Å². The Hall–Kier alpha value is -2.90. The SMILES string of the molecule is COc1ccc(-n2nnc(C(=O)O)c2NC(C)=O)cc1. The molecule has 1 amide bonds. The minimum atomic E-state index is -1.27. The van der Waals surface area contributed by atoms with Gasteiger partial charge in [0.2, 0.25) is 11.6 Å². The summed E-state index contributed by atoms with van der Waals surface area (Å²) in [4.78, 5) is 22.2. The number of hydrogen-bond donors (Lipinski definition) is 2. The third-order valence-electron chi connectivity index (χ3n) is 2.48. The number of methoxy groups -OCH3 is 1. The van der Waals surface area contributed by atoms with E-state index in [1.54, 1.807) is 24.3 Å². The zero-order valence-electron chi connectivity index (χ0n) is 10.8. The zero-order valence-corrected chi connectivity index (χ0v) is 10.8. The molecule has 0 saturated heterocycles. The highest BCUT2D eigenvalue weighted by Crippen LogP contribution is 2.20. The lowest BCUT2D eigenvalue weighted by atomic mass is 10.3. The summed E-state index contributed by atoms with van der Waals surface area (Å²) >= 11 is 0. The minimum Gasteiger partial charge on any atom is -0.497 e. The van der Waals surface area contributed by atoms with Crippen LogP contribution in [0.15, 0.2) is 24.3 Å². The average molecular weight is 276 g/mol. The Bertz CT molecular complexity index is 648. The molecule has 0 saturated carbocycles. The van der Waals surface area contributed by atoms with E-state index in [-0.39, 0.29) is 11.5 Å². The summed E-state index contributed by atoms with van der Waals surface area (Å²) in [6, 6.07) is 6.72. The molecule has 2 N–H and O–H groups in total. The monoisotopic (exact) mass is 276 g/mol. The molecule has 0 radical (unpaired) electrons. The number of carboxylic acid groups (broad SMARTS) is 1. The fourth-order valence-electron chi connectivity index (χ4n) is 1.61. The van der Waals surface area contributed by atoms with Gasteiger partial charge in [-0.25, -0.2) is 4.79 Å². The van der Waals surface area contributed by atoms with Crippen LogP contribution >= 0.6 is 0 Å². The number of aromatic nitrogens is 3. The highest BCUT2D eigenvalue weighted by Gasteiger charge is 2.20. The fourth-order valence-corrected chi connectivity index (χ4v) is 1.61. The van der Waals surface area contributed by atoms with Crippen molar-refractivity contribution in [2.75, 3.05) is 12.4 Å². The van der Waals surface area contributed by atoms with Crippen LogP contribution in [0.5, 0.6) is 5.75 Å². The molecule has 0 spiro atoms. The topological polar surface area (TPSA) is 106 Å². The van der Waals surface area contributed by atoms with E-state index >= 15 is 0 Å². The molecular formula is C12H12N4O4. The number of carboxylic acids is 1. The van der Waals surface area contributed by atoms with Crippen molar-refractivity contribution in [1.82, 2.24) is 15.0 Å². The lowest BCUT2D eigenvalue weighted by Crippen LogP contribution is -2.14. The molecule has 2 rings (SSSR count). The molecule has 2 aromatic rings. The fraction of sp³-hybridized carbons (Fsp3) is 0.167. The first-order valence-corrected chi connectivity index (χ1v) is 5.64. The molecule has 0 aliphatic rings. The maximum atomic E-state index is 11.2. The summed E-state index contributed by atoms with van der Waals surface area (Å²) < 4.78 is 6.27. The highest BCUT2D eigenvalue weighted by atomic mass is 16.5. The largest absolute Gasteiger partial charge is 0.497 e. The van der Waals surface area contributed by atoms with Crippen LogP contribution in [0.25, 0.3) is 5.69 Å². The molecule has 8 nitrogen and oxygen atoms in total. The van der Waals surface area contributed by atoms with E-state index in [9.17, 15) is 9.59 Å². The van der Waals surface area contributed by atoms with Crippen LogP contribution in [-0.4, -0.2) is 39.1 Å². The number of benzene rings is 1. The number of carbonyl (C=O) groups is 2. The molecule has 0 fully saturated rings. The van der Waals surface area contributed by atoms with Gasteiger partial charge in [0, 0.05) is 6.92 Å². The highest BCUT2D eigenvalue weighted by molar-refractivity contribution is 5.97. The maximum Gasteiger partial charge on any atom is 0.360 e. The molecule has 0 bridgehead atoms. The van der Waals surface area contributed by atoms with Crippen LogP contribution in [0.3, 0.4) is 0 Å². The van der Waals surface area contributed by atoms with Crippen molar-refractivity contribution in [3.63, 3.8) is 0 Å². The molecule has 104 valence electrons. The lowest BCUT2D eigenvalue weighted by molar-refractivity contribution is -0.114. The van der Waals surface area contributed by atoms with Gasteiger partial charge in [0.1, 0.15) is 5.75 Å². The molecule has 8 heteroatoms. The number of hydrogen-bond acceptors (Lipinski definition) is 5. The van der Waals surface area contributed by atoms with Crippen molar-refractivity contribution in [1.29, 1.82) is 0 Å². The van der Waals surface area contributed by atoms with Crippen molar-refractivity contribution in [2.24, 2.45) is 0 Å². The first kappa shape index (κ1) is 13.5. The lowest BCUT2D eigenvalue weighted by Gasteiger charge is -2.07. The third-order valence-corrected chi connectivity index (χ3v) is 2.48. The summed E-state index contributed by atoms with van der Waals surface area (Å²) in [5.74, 6) is -1.03. The quantitative estimate of drug-likeness (QED) is 0.860. The van der Waals surface area contributed by atoms with E-state index < -0.39 is 11.9 Å². The Morgan fingerprint density at radius 2 is 1.95 bits per heavy atom. The predicted octanol–water partition coefficient (Wildman–Crippen LogP) is 0.932. The van der Waals surface area contributed by atoms with Gasteiger partial charge in [0.25, 0.3) is 0 Å². The van der Waals surface area contributed by atoms with E-state index in [4.69, 9.17) is 9.84 Å². The molecule has 1 aromatic heterocycles. The van der Waals surface area contributed by atoms with Crippen LogP contribution in [0.4, 0.5) is 5.82 Å². The van der Waals surface area contributed by atoms with E-state index in [2.05, 4.69) is 15.6 Å². The molecule has 0 atom stereocenters. The Labute approximate surface area is 114 Å². The van der Waals surface area contributed by atoms with Gasteiger partial charge in [-0.1, -0.05) is 5.21 Å².